The van der Waals surface area contributed by atoms with Crippen molar-refractivity contribution in [1.29, 1.82) is 0 Å². The van der Waals surface area contributed by atoms with Gasteiger partial charge in [-0.25, -0.2) is 0 Å². The molecule has 1 aromatic rings. The Morgan fingerprint density at radius 1 is 1.33 bits per heavy atom. The fourth-order valence-corrected chi connectivity index (χ4v) is 1.55. The molecule has 0 bridgehead atoms. The van der Waals surface area contributed by atoms with E-state index < -0.39 is 0 Å². The SMILES string of the molecule is CCNC(CC)COc1ccccc1Cl. The first-order chi connectivity index (χ1) is 7.27. The summed E-state index contributed by atoms with van der Waals surface area (Å²) < 4.78 is 5.65. The van der Waals surface area contributed by atoms with Crippen LogP contribution in [-0.2, 0) is 0 Å². The van der Waals surface area contributed by atoms with Crippen LogP contribution in [0.25, 0.3) is 0 Å². The second-order valence-electron chi connectivity index (χ2n) is 3.40. The highest BCUT2D eigenvalue weighted by atomic mass is 35.5. The maximum absolute atomic E-state index is 5.98. The van der Waals surface area contributed by atoms with Crippen LogP contribution >= 0.6 is 11.6 Å². The molecule has 1 unspecified atom stereocenters. The molecule has 0 fully saturated rings. The first kappa shape index (κ1) is 12.3. The molecule has 0 aliphatic rings. The van der Waals surface area contributed by atoms with E-state index in [9.17, 15) is 0 Å². The van der Waals surface area contributed by atoms with Crippen LogP contribution in [-0.4, -0.2) is 19.2 Å². The van der Waals surface area contributed by atoms with E-state index in [4.69, 9.17) is 16.3 Å². The predicted octanol–water partition coefficient (Wildman–Crippen LogP) is 3.11. The van der Waals surface area contributed by atoms with Gasteiger partial charge in [0.25, 0.3) is 0 Å². The molecule has 15 heavy (non-hydrogen) atoms. The smallest absolute Gasteiger partial charge is 0.137 e. The zero-order valence-electron chi connectivity index (χ0n) is 9.29. The van der Waals surface area contributed by atoms with E-state index in [0.717, 1.165) is 18.7 Å². The average Bonchev–Trinajstić information content (AvgIpc) is 2.26. The summed E-state index contributed by atoms with van der Waals surface area (Å²) in [6, 6.07) is 7.95. The number of hydrogen-bond donors (Lipinski definition) is 1. The maximum atomic E-state index is 5.98. The molecular weight excluding hydrogens is 210 g/mol. The van der Waals surface area contributed by atoms with E-state index in [2.05, 4.69) is 19.2 Å². The fraction of sp³-hybridized carbons (Fsp3) is 0.500. The second-order valence-corrected chi connectivity index (χ2v) is 3.81. The van der Waals surface area contributed by atoms with Gasteiger partial charge in [-0.15, -0.1) is 0 Å². The second kappa shape index (κ2) is 6.70. The van der Waals surface area contributed by atoms with E-state index in [1.165, 1.54) is 0 Å². The summed E-state index contributed by atoms with van der Waals surface area (Å²) in [6.07, 6.45) is 1.05. The lowest BCUT2D eigenvalue weighted by atomic mass is 10.2. The van der Waals surface area contributed by atoms with Gasteiger partial charge in [0, 0.05) is 6.04 Å². The van der Waals surface area contributed by atoms with Gasteiger partial charge in [0.2, 0.25) is 0 Å². The molecule has 0 heterocycles. The minimum absolute atomic E-state index is 0.395. The number of hydrogen-bond acceptors (Lipinski definition) is 2. The molecule has 0 aliphatic carbocycles. The predicted molar refractivity (Wildman–Crippen MR) is 64.7 cm³/mol. The third kappa shape index (κ3) is 4.10. The van der Waals surface area contributed by atoms with Gasteiger partial charge in [-0.3, -0.25) is 0 Å². The zero-order valence-corrected chi connectivity index (χ0v) is 10.1. The Morgan fingerprint density at radius 3 is 2.67 bits per heavy atom. The molecule has 0 aliphatic heterocycles. The van der Waals surface area contributed by atoms with Crippen molar-refractivity contribution in [2.24, 2.45) is 0 Å². The highest BCUT2D eigenvalue weighted by Gasteiger charge is 2.06. The molecule has 3 heteroatoms. The van der Waals surface area contributed by atoms with Crippen molar-refractivity contribution in [2.45, 2.75) is 26.3 Å². The highest BCUT2D eigenvalue weighted by Crippen LogP contribution is 2.23. The Morgan fingerprint density at radius 2 is 2.07 bits per heavy atom. The lowest BCUT2D eigenvalue weighted by molar-refractivity contribution is 0.262. The number of ether oxygens (including phenoxy) is 1. The highest BCUT2D eigenvalue weighted by molar-refractivity contribution is 6.32. The number of rotatable bonds is 6. The summed E-state index contributed by atoms with van der Waals surface area (Å²) in [7, 11) is 0. The summed E-state index contributed by atoms with van der Waals surface area (Å²) in [5, 5.41) is 4.02. The van der Waals surface area contributed by atoms with E-state index >= 15 is 0 Å². The largest absolute Gasteiger partial charge is 0.490 e. The minimum Gasteiger partial charge on any atom is -0.490 e. The monoisotopic (exact) mass is 227 g/mol. The lowest BCUT2D eigenvalue weighted by Gasteiger charge is -2.17. The van der Waals surface area contributed by atoms with Gasteiger partial charge in [-0.1, -0.05) is 37.6 Å². The molecule has 84 valence electrons. The Labute approximate surface area is 96.6 Å². The van der Waals surface area contributed by atoms with Crippen molar-refractivity contribution >= 4 is 11.6 Å². The molecule has 0 radical (unpaired) electrons. The zero-order chi connectivity index (χ0) is 11.1. The molecular formula is C12H18ClNO. The van der Waals surface area contributed by atoms with Crippen molar-refractivity contribution < 1.29 is 4.74 Å². The van der Waals surface area contributed by atoms with Gasteiger partial charge in [0.1, 0.15) is 12.4 Å². The van der Waals surface area contributed by atoms with E-state index in [1.54, 1.807) is 0 Å². The normalized spacial score (nSPS) is 12.5. The molecule has 0 amide bonds. The third-order valence-corrected chi connectivity index (χ3v) is 2.57. The van der Waals surface area contributed by atoms with Gasteiger partial charge in [0.05, 0.1) is 5.02 Å². The first-order valence-corrected chi connectivity index (χ1v) is 5.76. The van der Waals surface area contributed by atoms with Gasteiger partial charge < -0.3 is 10.1 Å². The van der Waals surface area contributed by atoms with Crippen molar-refractivity contribution in [3.8, 4) is 5.75 Å². The maximum Gasteiger partial charge on any atom is 0.137 e. The third-order valence-electron chi connectivity index (χ3n) is 2.26. The molecule has 1 aromatic carbocycles. The van der Waals surface area contributed by atoms with Gasteiger partial charge in [0.15, 0.2) is 0 Å². The Balaban J connectivity index is 2.45. The van der Waals surface area contributed by atoms with Crippen molar-refractivity contribution in [3.05, 3.63) is 29.3 Å². The Bertz CT molecular complexity index is 291. The summed E-state index contributed by atoms with van der Waals surface area (Å²) in [4.78, 5) is 0. The summed E-state index contributed by atoms with van der Waals surface area (Å²) in [6.45, 7) is 5.86. The molecule has 1 N–H and O–H groups in total. The first-order valence-electron chi connectivity index (χ1n) is 5.38. The molecule has 1 atom stereocenters. The fourth-order valence-electron chi connectivity index (χ4n) is 1.36. The van der Waals surface area contributed by atoms with Crippen LogP contribution in [0, 0.1) is 0 Å². The molecule has 0 saturated heterocycles. The summed E-state index contributed by atoms with van der Waals surface area (Å²) in [5.74, 6) is 0.760. The van der Waals surface area contributed by atoms with E-state index in [-0.39, 0.29) is 0 Å². The van der Waals surface area contributed by atoms with E-state index in [0.29, 0.717) is 17.7 Å². The molecule has 0 spiro atoms. The van der Waals surface area contributed by atoms with Crippen LogP contribution in [0.4, 0.5) is 0 Å². The van der Waals surface area contributed by atoms with Gasteiger partial charge in [-0.2, -0.15) is 0 Å². The quantitative estimate of drug-likeness (QED) is 0.807. The van der Waals surface area contributed by atoms with Gasteiger partial charge >= 0.3 is 0 Å². The average molecular weight is 228 g/mol. The number of benzene rings is 1. The standard InChI is InChI=1S/C12H18ClNO/c1-3-10(14-4-2)9-15-12-8-6-5-7-11(12)13/h5-8,10,14H,3-4,9H2,1-2H3. The van der Waals surface area contributed by atoms with E-state index in [1.807, 2.05) is 24.3 Å². The number of nitrogens with one attached hydrogen (secondary N) is 1. The van der Waals surface area contributed by atoms with Crippen molar-refractivity contribution in [2.75, 3.05) is 13.2 Å². The lowest BCUT2D eigenvalue weighted by Crippen LogP contribution is -2.33. The molecule has 0 saturated carbocycles. The Hall–Kier alpha value is -0.730. The topological polar surface area (TPSA) is 21.3 Å². The van der Waals surface area contributed by atoms with Gasteiger partial charge in [-0.05, 0) is 25.1 Å². The minimum atomic E-state index is 0.395. The summed E-state index contributed by atoms with van der Waals surface area (Å²) in [5.41, 5.74) is 0. The van der Waals surface area contributed by atoms with Crippen LogP contribution in [0.3, 0.4) is 0 Å². The molecule has 1 rings (SSSR count). The number of halogens is 1. The Kier molecular flexibility index (Phi) is 5.51. The molecule has 2 nitrogen and oxygen atoms in total. The molecule has 0 aromatic heterocycles. The van der Waals surface area contributed by atoms with Crippen molar-refractivity contribution in [3.63, 3.8) is 0 Å². The number of likely N-dealkylation sites (N-methyl/N-ethyl adjacent to an activating group) is 1. The number of para-hydroxylation sites is 1. The van der Waals surface area contributed by atoms with Crippen LogP contribution in [0.2, 0.25) is 5.02 Å². The van der Waals surface area contributed by atoms with Crippen LogP contribution < -0.4 is 10.1 Å². The van der Waals surface area contributed by atoms with Crippen LogP contribution in [0.15, 0.2) is 24.3 Å². The summed E-state index contributed by atoms with van der Waals surface area (Å²) >= 11 is 5.98. The van der Waals surface area contributed by atoms with Crippen LogP contribution in [0.1, 0.15) is 20.3 Å². The van der Waals surface area contributed by atoms with Crippen molar-refractivity contribution in [1.82, 2.24) is 5.32 Å². The van der Waals surface area contributed by atoms with Crippen LogP contribution in [0.5, 0.6) is 5.75 Å².